The summed E-state index contributed by atoms with van der Waals surface area (Å²) in [6.45, 7) is 0. The van der Waals surface area contributed by atoms with E-state index in [1.165, 1.54) is 19.5 Å². The molecule has 116 valence electrons. The number of para-hydroxylation sites is 1. The van der Waals surface area contributed by atoms with Gasteiger partial charge in [-0.15, -0.1) is 0 Å². The van der Waals surface area contributed by atoms with Gasteiger partial charge >= 0.3 is 0 Å². The Balaban J connectivity index is 2.24. The molecular weight excluding hydrogens is 308 g/mol. The molecule has 0 aliphatic rings. The Morgan fingerprint density at radius 3 is 2.82 bits per heavy atom. The second kappa shape index (κ2) is 6.95. The fourth-order valence-electron chi connectivity index (χ4n) is 1.77. The van der Waals surface area contributed by atoms with Gasteiger partial charge in [0.2, 0.25) is 0 Å². The Labute approximate surface area is 132 Å². The van der Waals surface area contributed by atoms with Crippen molar-refractivity contribution < 1.29 is 9.47 Å². The van der Waals surface area contributed by atoms with E-state index in [1.807, 2.05) is 12.1 Å². The third-order valence-corrected chi connectivity index (χ3v) is 3.27. The second-order valence-corrected chi connectivity index (χ2v) is 4.63. The fourth-order valence-corrected chi connectivity index (χ4v) is 1.99. The first-order valence-electron chi connectivity index (χ1n) is 6.30. The molecular formula is C14H15ClN4O3. The summed E-state index contributed by atoms with van der Waals surface area (Å²) in [6.07, 6.45) is 2.96. The van der Waals surface area contributed by atoms with Crippen molar-refractivity contribution in [2.75, 3.05) is 19.6 Å². The molecule has 0 amide bonds. The first-order valence-corrected chi connectivity index (χ1v) is 6.68. The zero-order valence-electron chi connectivity index (χ0n) is 12.3. The molecule has 8 heteroatoms. The molecule has 0 radical (unpaired) electrons. The predicted octanol–water partition coefficient (Wildman–Crippen LogP) is 1.90. The second-order valence-electron chi connectivity index (χ2n) is 4.25. The van der Waals surface area contributed by atoms with Gasteiger partial charge in [-0.05, 0) is 12.1 Å². The largest absolute Gasteiger partial charge is 0.493 e. The van der Waals surface area contributed by atoms with Gasteiger partial charge in [-0.1, -0.05) is 17.7 Å². The number of anilines is 1. The van der Waals surface area contributed by atoms with Crippen LogP contribution in [0.4, 0.5) is 5.69 Å². The van der Waals surface area contributed by atoms with Crippen LogP contribution in [-0.2, 0) is 7.05 Å². The maximum Gasteiger partial charge on any atom is 0.287 e. The molecule has 2 rings (SSSR count). The lowest BCUT2D eigenvalue weighted by atomic mass is 10.2. The van der Waals surface area contributed by atoms with Gasteiger partial charge in [0, 0.05) is 12.6 Å². The van der Waals surface area contributed by atoms with Crippen LogP contribution in [0, 0.1) is 0 Å². The van der Waals surface area contributed by atoms with Gasteiger partial charge in [-0.3, -0.25) is 10.2 Å². The third-order valence-electron chi connectivity index (χ3n) is 2.90. The average Bonchev–Trinajstić information content (AvgIpc) is 2.54. The van der Waals surface area contributed by atoms with Gasteiger partial charge in [-0.25, -0.2) is 4.68 Å². The highest BCUT2D eigenvalue weighted by Gasteiger charge is 2.08. The number of hydrazone groups is 1. The highest BCUT2D eigenvalue weighted by Crippen LogP contribution is 2.29. The number of nitrogens with one attached hydrogen (secondary N) is 1. The Kier molecular flexibility index (Phi) is 5.00. The van der Waals surface area contributed by atoms with E-state index in [4.69, 9.17) is 21.1 Å². The van der Waals surface area contributed by atoms with Gasteiger partial charge in [0.15, 0.2) is 11.5 Å². The lowest BCUT2D eigenvalue weighted by molar-refractivity contribution is 0.354. The topological polar surface area (TPSA) is 77.7 Å². The number of halogens is 1. The van der Waals surface area contributed by atoms with Crippen molar-refractivity contribution >= 4 is 23.5 Å². The van der Waals surface area contributed by atoms with E-state index < -0.39 is 5.56 Å². The molecule has 1 N–H and O–H groups in total. The molecule has 1 aromatic heterocycles. The number of aromatic nitrogens is 2. The summed E-state index contributed by atoms with van der Waals surface area (Å²) in [7, 11) is 4.62. The number of aryl methyl sites for hydroxylation is 1. The summed E-state index contributed by atoms with van der Waals surface area (Å²) in [5.41, 5.74) is 3.31. The van der Waals surface area contributed by atoms with Crippen LogP contribution in [-0.4, -0.2) is 30.2 Å². The molecule has 0 saturated carbocycles. The number of rotatable bonds is 5. The number of nitrogens with zero attached hydrogens (tertiary/aromatic N) is 3. The van der Waals surface area contributed by atoms with Crippen LogP contribution in [0.3, 0.4) is 0 Å². The summed E-state index contributed by atoms with van der Waals surface area (Å²) in [5, 5.41) is 7.93. The fraction of sp³-hybridized carbons (Fsp3) is 0.214. The zero-order valence-corrected chi connectivity index (χ0v) is 13.1. The van der Waals surface area contributed by atoms with Crippen LogP contribution in [0.1, 0.15) is 5.56 Å². The van der Waals surface area contributed by atoms with Gasteiger partial charge in [-0.2, -0.15) is 10.2 Å². The Morgan fingerprint density at radius 2 is 2.14 bits per heavy atom. The highest BCUT2D eigenvalue weighted by molar-refractivity contribution is 6.32. The van der Waals surface area contributed by atoms with E-state index in [-0.39, 0.29) is 5.02 Å². The van der Waals surface area contributed by atoms with Crippen molar-refractivity contribution in [3.8, 4) is 11.5 Å². The molecule has 2 aromatic rings. The van der Waals surface area contributed by atoms with Crippen LogP contribution >= 0.6 is 11.6 Å². The highest BCUT2D eigenvalue weighted by atomic mass is 35.5. The van der Waals surface area contributed by atoms with Crippen LogP contribution in [0.2, 0.25) is 5.02 Å². The number of hydrogen-bond donors (Lipinski definition) is 1. The van der Waals surface area contributed by atoms with Crippen molar-refractivity contribution in [2.45, 2.75) is 0 Å². The van der Waals surface area contributed by atoms with E-state index in [2.05, 4.69) is 15.6 Å². The van der Waals surface area contributed by atoms with E-state index in [9.17, 15) is 4.79 Å². The van der Waals surface area contributed by atoms with Crippen molar-refractivity contribution in [1.82, 2.24) is 9.78 Å². The first kappa shape index (κ1) is 15.8. The van der Waals surface area contributed by atoms with Crippen molar-refractivity contribution in [3.05, 3.63) is 45.3 Å². The first-order chi connectivity index (χ1) is 10.6. The molecule has 7 nitrogen and oxygen atoms in total. The predicted molar refractivity (Wildman–Crippen MR) is 85.3 cm³/mol. The minimum Gasteiger partial charge on any atom is -0.493 e. The number of hydrogen-bond acceptors (Lipinski definition) is 6. The van der Waals surface area contributed by atoms with Crippen LogP contribution < -0.4 is 20.5 Å². The molecule has 0 aliphatic carbocycles. The van der Waals surface area contributed by atoms with Crippen LogP contribution in [0.5, 0.6) is 11.5 Å². The monoisotopic (exact) mass is 322 g/mol. The van der Waals surface area contributed by atoms with E-state index >= 15 is 0 Å². The minimum atomic E-state index is -0.402. The smallest absolute Gasteiger partial charge is 0.287 e. The molecule has 0 fully saturated rings. The van der Waals surface area contributed by atoms with E-state index in [0.29, 0.717) is 22.7 Å². The normalized spacial score (nSPS) is 10.7. The van der Waals surface area contributed by atoms with Gasteiger partial charge in [0.05, 0.1) is 26.6 Å². The minimum absolute atomic E-state index is 0.0206. The summed E-state index contributed by atoms with van der Waals surface area (Å²) in [4.78, 5) is 11.6. The number of methoxy groups -OCH3 is 2. The SMILES string of the molecule is COc1cccc(/C=N\Nc2cnn(C)c(=O)c2Cl)c1OC. The average molecular weight is 323 g/mol. The van der Waals surface area contributed by atoms with E-state index in [1.54, 1.807) is 20.3 Å². The van der Waals surface area contributed by atoms with Gasteiger partial charge in [0.1, 0.15) is 10.7 Å². The molecule has 1 aromatic carbocycles. The maximum absolute atomic E-state index is 11.6. The molecule has 0 aliphatic heterocycles. The Hall–Kier alpha value is -2.54. The Morgan fingerprint density at radius 1 is 1.36 bits per heavy atom. The van der Waals surface area contributed by atoms with Crippen molar-refractivity contribution in [2.24, 2.45) is 12.1 Å². The standard InChI is InChI=1S/C14H15ClN4O3/c1-19-14(20)12(15)10(8-17-19)18-16-7-9-5-4-6-11(21-2)13(9)22-3/h4-8,18H,1-3H3/b16-7-. The molecule has 0 atom stereocenters. The summed E-state index contributed by atoms with van der Waals surface area (Å²) >= 11 is 5.93. The van der Waals surface area contributed by atoms with Crippen LogP contribution in [0.25, 0.3) is 0 Å². The molecule has 0 bridgehead atoms. The van der Waals surface area contributed by atoms with E-state index in [0.717, 1.165) is 4.68 Å². The molecule has 0 spiro atoms. The molecule has 0 saturated heterocycles. The van der Waals surface area contributed by atoms with Crippen molar-refractivity contribution in [1.29, 1.82) is 0 Å². The number of benzene rings is 1. The lowest BCUT2D eigenvalue weighted by Crippen LogP contribution is -2.20. The Bertz CT molecular complexity index is 758. The molecule has 0 unspecified atom stereocenters. The van der Waals surface area contributed by atoms with Crippen molar-refractivity contribution in [3.63, 3.8) is 0 Å². The van der Waals surface area contributed by atoms with Gasteiger partial charge < -0.3 is 9.47 Å². The summed E-state index contributed by atoms with van der Waals surface area (Å²) < 4.78 is 11.6. The van der Waals surface area contributed by atoms with Crippen LogP contribution in [0.15, 0.2) is 34.3 Å². The maximum atomic E-state index is 11.6. The summed E-state index contributed by atoms with van der Waals surface area (Å²) in [5.74, 6) is 1.16. The quantitative estimate of drug-likeness (QED) is 0.672. The zero-order chi connectivity index (χ0) is 16.1. The summed E-state index contributed by atoms with van der Waals surface area (Å²) in [6, 6.07) is 5.41. The molecule has 22 heavy (non-hydrogen) atoms. The third kappa shape index (κ3) is 3.20. The molecule has 1 heterocycles. The lowest BCUT2D eigenvalue weighted by Gasteiger charge is -2.09. The number of ether oxygens (including phenoxy) is 2. The van der Waals surface area contributed by atoms with Gasteiger partial charge in [0.25, 0.3) is 5.56 Å².